The Morgan fingerprint density at radius 1 is 1.50 bits per heavy atom. The van der Waals surface area contributed by atoms with Gasteiger partial charge >= 0.3 is 6.18 Å². The molecule has 0 spiro atoms. The number of hydrogen-bond donors (Lipinski definition) is 1. The summed E-state index contributed by atoms with van der Waals surface area (Å²) in [6, 6.07) is 3.42. The van der Waals surface area contributed by atoms with Gasteiger partial charge in [-0.2, -0.15) is 13.2 Å². The number of alkyl halides is 3. The van der Waals surface area contributed by atoms with Crippen LogP contribution in [0, 0.1) is 0 Å². The van der Waals surface area contributed by atoms with E-state index in [1.54, 1.807) is 18.3 Å². The monoisotopic (exact) mass is 288 g/mol. The van der Waals surface area contributed by atoms with Crippen LogP contribution in [0.3, 0.4) is 0 Å². The van der Waals surface area contributed by atoms with Gasteiger partial charge in [-0.1, -0.05) is 0 Å². The van der Waals surface area contributed by atoms with Crippen molar-refractivity contribution in [3.05, 3.63) is 30.5 Å². The third-order valence-electron chi connectivity index (χ3n) is 2.33. The van der Waals surface area contributed by atoms with Crippen molar-refractivity contribution in [2.24, 2.45) is 0 Å². The lowest BCUT2D eigenvalue weighted by atomic mass is 10.2. The van der Waals surface area contributed by atoms with E-state index in [-0.39, 0.29) is 12.5 Å². The molecule has 1 rings (SSSR count). The number of pyridine rings is 1. The first-order valence-corrected chi connectivity index (χ1v) is 5.93. The van der Waals surface area contributed by atoms with Crippen molar-refractivity contribution in [3.8, 4) is 5.88 Å². The number of halogens is 3. The van der Waals surface area contributed by atoms with Gasteiger partial charge in [0.05, 0.1) is 7.11 Å². The lowest BCUT2D eigenvalue weighted by molar-refractivity contribution is -0.115. The number of ketones is 1. The van der Waals surface area contributed by atoms with Gasteiger partial charge in [0, 0.05) is 37.0 Å². The van der Waals surface area contributed by atoms with Gasteiger partial charge in [-0.3, -0.25) is 4.79 Å². The van der Waals surface area contributed by atoms with E-state index in [1.807, 2.05) is 0 Å². The summed E-state index contributed by atoms with van der Waals surface area (Å²) in [5.41, 5.74) is 0.773. The van der Waals surface area contributed by atoms with E-state index in [0.717, 1.165) is 5.69 Å². The van der Waals surface area contributed by atoms with E-state index in [4.69, 9.17) is 4.74 Å². The molecule has 1 heterocycles. The molecule has 0 aromatic carbocycles. The Kier molecular flexibility index (Phi) is 6.02. The molecule has 1 N–H and O–H groups in total. The molecule has 110 valence electrons. The molecule has 1 aromatic heterocycles. The molecule has 0 atom stereocenters. The largest absolute Gasteiger partial charge is 0.481 e. The fraction of sp³-hybridized carbons (Fsp3) is 0.385. The summed E-state index contributed by atoms with van der Waals surface area (Å²) >= 11 is 0. The number of allylic oxidation sites excluding steroid dienone is 2. The maximum atomic E-state index is 11.8. The first-order chi connectivity index (χ1) is 9.40. The Labute approximate surface area is 114 Å². The van der Waals surface area contributed by atoms with Crippen LogP contribution < -0.4 is 10.1 Å². The molecule has 4 nitrogen and oxygen atoms in total. The quantitative estimate of drug-likeness (QED) is 0.619. The van der Waals surface area contributed by atoms with Crippen molar-refractivity contribution in [3.63, 3.8) is 0 Å². The van der Waals surface area contributed by atoms with Gasteiger partial charge in [0.25, 0.3) is 0 Å². The molecule has 0 saturated heterocycles. The first-order valence-electron chi connectivity index (χ1n) is 5.93. The fourth-order valence-electron chi connectivity index (χ4n) is 1.40. The number of anilines is 1. The highest BCUT2D eigenvalue weighted by molar-refractivity contribution is 5.89. The second kappa shape index (κ2) is 7.52. The molecule has 0 aliphatic heterocycles. The van der Waals surface area contributed by atoms with E-state index in [2.05, 4.69) is 10.3 Å². The molecule has 0 saturated carbocycles. The van der Waals surface area contributed by atoms with Crippen LogP contribution in [0.25, 0.3) is 0 Å². The Morgan fingerprint density at radius 3 is 2.90 bits per heavy atom. The first kappa shape index (κ1) is 16.0. The number of nitrogens with one attached hydrogen (secondary N) is 1. The van der Waals surface area contributed by atoms with Crippen LogP contribution in [0.15, 0.2) is 30.5 Å². The number of rotatable bonds is 7. The van der Waals surface area contributed by atoms with E-state index in [1.165, 1.54) is 7.11 Å². The summed E-state index contributed by atoms with van der Waals surface area (Å²) in [4.78, 5) is 15.1. The zero-order chi connectivity index (χ0) is 15.0. The minimum Gasteiger partial charge on any atom is -0.481 e. The summed E-state index contributed by atoms with van der Waals surface area (Å²) in [6.45, 7) is 0.471. The molecular weight excluding hydrogens is 273 g/mol. The highest BCUT2D eigenvalue weighted by Gasteiger charge is 2.22. The van der Waals surface area contributed by atoms with Gasteiger partial charge in [-0.05, 0) is 18.6 Å². The molecule has 0 amide bonds. The van der Waals surface area contributed by atoms with Crippen molar-refractivity contribution >= 4 is 11.5 Å². The van der Waals surface area contributed by atoms with Crippen LogP contribution >= 0.6 is 0 Å². The summed E-state index contributed by atoms with van der Waals surface area (Å²) < 4.78 is 40.4. The predicted octanol–water partition coefficient (Wildman–Crippen LogP) is 2.97. The topological polar surface area (TPSA) is 51.2 Å². The average molecular weight is 288 g/mol. The number of aromatic nitrogens is 1. The van der Waals surface area contributed by atoms with E-state index < -0.39 is 12.0 Å². The zero-order valence-corrected chi connectivity index (χ0v) is 10.9. The predicted molar refractivity (Wildman–Crippen MR) is 68.7 cm³/mol. The fourth-order valence-corrected chi connectivity index (χ4v) is 1.40. The van der Waals surface area contributed by atoms with Gasteiger partial charge < -0.3 is 10.1 Å². The Balaban J connectivity index is 2.28. The molecule has 0 aliphatic rings. The number of nitrogens with zero attached hydrogens (tertiary/aromatic N) is 1. The summed E-state index contributed by atoms with van der Waals surface area (Å²) in [5.74, 6) is -0.0874. The number of ether oxygens (including phenoxy) is 1. The van der Waals surface area contributed by atoms with Crippen LogP contribution in [-0.4, -0.2) is 30.6 Å². The third-order valence-corrected chi connectivity index (χ3v) is 2.33. The second-order valence-corrected chi connectivity index (χ2v) is 3.96. The SMILES string of the molecule is COc1cc(NCCCC(=O)/C=C/C(F)(F)F)ccn1. The second-order valence-electron chi connectivity index (χ2n) is 3.96. The number of hydrogen-bond acceptors (Lipinski definition) is 4. The number of carbonyl (C=O) groups excluding carboxylic acids is 1. The van der Waals surface area contributed by atoms with Crippen LogP contribution in [0.4, 0.5) is 18.9 Å². The number of methoxy groups -OCH3 is 1. The maximum Gasteiger partial charge on any atom is 0.409 e. The molecule has 0 aliphatic carbocycles. The molecule has 0 bridgehead atoms. The Morgan fingerprint density at radius 2 is 2.25 bits per heavy atom. The van der Waals surface area contributed by atoms with Crippen molar-refractivity contribution in [1.82, 2.24) is 4.98 Å². The minimum atomic E-state index is -4.44. The average Bonchev–Trinajstić information content (AvgIpc) is 2.41. The lowest BCUT2D eigenvalue weighted by Crippen LogP contribution is -2.06. The Hall–Kier alpha value is -2.05. The van der Waals surface area contributed by atoms with Crippen molar-refractivity contribution in [2.75, 3.05) is 19.0 Å². The van der Waals surface area contributed by atoms with Gasteiger partial charge in [-0.25, -0.2) is 4.98 Å². The minimum absolute atomic E-state index is 0.0451. The van der Waals surface area contributed by atoms with Crippen LogP contribution in [0.1, 0.15) is 12.8 Å². The van der Waals surface area contributed by atoms with E-state index >= 15 is 0 Å². The normalized spacial score (nSPS) is 11.6. The van der Waals surface area contributed by atoms with Gasteiger partial charge in [0.2, 0.25) is 5.88 Å². The molecule has 1 aromatic rings. The maximum absolute atomic E-state index is 11.8. The summed E-state index contributed by atoms with van der Waals surface area (Å²) in [6.07, 6.45) is -1.86. The van der Waals surface area contributed by atoms with Gasteiger partial charge in [-0.15, -0.1) is 0 Å². The van der Waals surface area contributed by atoms with Gasteiger partial charge in [0.15, 0.2) is 5.78 Å². The summed E-state index contributed by atoms with van der Waals surface area (Å²) in [5, 5.41) is 3.03. The standard InChI is InChI=1S/C13H15F3N2O2/c1-20-12-9-10(5-8-18-12)17-7-2-3-11(19)4-6-13(14,15)16/h4-6,8-9H,2-3,7H2,1H3,(H,17,18)/b6-4+. The van der Waals surface area contributed by atoms with Crippen LogP contribution in [-0.2, 0) is 4.79 Å². The molecule has 0 unspecified atom stereocenters. The van der Waals surface area contributed by atoms with Crippen molar-refractivity contribution < 1.29 is 22.7 Å². The van der Waals surface area contributed by atoms with Crippen molar-refractivity contribution in [1.29, 1.82) is 0 Å². The van der Waals surface area contributed by atoms with Crippen LogP contribution in [0.2, 0.25) is 0 Å². The zero-order valence-electron chi connectivity index (χ0n) is 10.9. The lowest BCUT2D eigenvalue weighted by Gasteiger charge is -2.06. The summed E-state index contributed by atoms with van der Waals surface area (Å²) in [7, 11) is 1.50. The van der Waals surface area contributed by atoms with E-state index in [9.17, 15) is 18.0 Å². The third kappa shape index (κ3) is 6.77. The smallest absolute Gasteiger partial charge is 0.409 e. The molecule has 20 heavy (non-hydrogen) atoms. The molecule has 0 radical (unpaired) electrons. The van der Waals surface area contributed by atoms with Crippen LogP contribution in [0.5, 0.6) is 5.88 Å². The van der Waals surface area contributed by atoms with Crippen molar-refractivity contribution in [2.45, 2.75) is 19.0 Å². The van der Waals surface area contributed by atoms with E-state index in [0.29, 0.717) is 24.9 Å². The highest BCUT2D eigenvalue weighted by atomic mass is 19.4. The Bertz CT molecular complexity index is 473. The molecular formula is C13H15F3N2O2. The molecule has 7 heteroatoms. The highest BCUT2D eigenvalue weighted by Crippen LogP contribution is 2.16. The molecule has 0 fully saturated rings. The number of carbonyl (C=O) groups is 1. The van der Waals surface area contributed by atoms with Gasteiger partial charge in [0.1, 0.15) is 0 Å².